The second kappa shape index (κ2) is 6.46. The number of anilines is 1. The van der Waals surface area contributed by atoms with Crippen LogP contribution in [0.15, 0.2) is 18.2 Å². The molecule has 1 saturated carbocycles. The maximum atomic E-state index is 13.3. The van der Waals surface area contributed by atoms with Crippen LogP contribution in [0.4, 0.5) is 14.5 Å². The Bertz CT molecular complexity index is 572. The van der Waals surface area contributed by atoms with E-state index in [-0.39, 0.29) is 31.8 Å². The van der Waals surface area contributed by atoms with Gasteiger partial charge in [-0.1, -0.05) is 19.3 Å². The van der Waals surface area contributed by atoms with Gasteiger partial charge in [0.05, 0.1) is 0 Å². The van der Waals surface area contributed by atoms with E-state index in [9.17, 15) is 13.6 Å². The van der Waals surface area contributed by atoms with Gasteiger partial charge in [-0.05, 0) is 42.5 Å². The summed E-state index contributed by atoms with van der Waals surface area (Å²) < 4.78 is 26.5. The first-order chi connectivity index (χ1) is 10.9. The van der Waals surface area contributed by atoms with E-state index in [1.54, 1.807) is 6.07 Å². The first-order valence-corrected chi connectivity index (χ1v) is 8.52. The van der Waals surface area contributed by atoms with Gasteiger partial charge in [0.1, 0.15) is 0 Å². The zero-order valence-electron chi connectivity index (χ0n) is 13.4. The Morgan fingerprint density at radius 2 is 1.74 bits per heavy atom. The van der Waals surface area contributed by atoms with Gasteiger partial charge in [0.2, 0.25) is 0 Å². The summed E-state index contributed by atoms with van der Waals surface area (Å²) in [6.45, 7) is 0.221. The lowest BCUT2D eigenvalue weighted by Gasteiger charge is -2.32. The minimum Gasteiger partial charge on any atom is -0.399 e. The van der Waals surface area contributed by atoms with Crippen molar-refractivity contribution < 1.29 is 13.6 Å². The largest absolute Gasteiger partial charge is 0.399 e. The van der Waals surface area contributed by atoms with Crippen molar-refractivity contribution in [1.29, 1.82) is 0 Å². The highest BCUT2D eigenvalue weighted by Gasteiger charge is 2.35. The first kappa shape index (κ1) is 16.2. The Hall–Kier alpha value is -1.65. The lowest BCUT2D eigenvalue weighted by Crippen LogP contribution is -2.42. The van der Waals surface area contributed by atoms with Crippen LogP contribution in [-0.2, 0) is 0 Å². The molecule has 0 atom stereocenters. The Morgan fingerprint density at radius 1 is 1.09 bits per heavy atom. The summed E-state index contributed by atoms with van der Waals surface area (Å²) in [5.74, 6) is -2.35. The zero-order valence-corrected chi connectivity index (χ0v) is 13.4. The van der Waals surface area contributed by atoms with Gasteiger partial charge in [-0.2, -0.15) is 0 Å². The molecular formula is C18H24F2N2O. The molecule has 3 nitrogen and oxygen atoms in total. The van der Waals surface area contributed by atoms with E-state index < -0.39 is 5.92 Å². The van der Waals surface area contributed by atoms with Crippen molar-refractivity contribution in [2.24, 2.45) is 0 Å². The number of hydrogen-bond acceptors (Lipinski definition) is 2. The van der Waals surface area contributed by atoms with Crippen LogP contribution in [0.25, 0.3) is 0 Å². The van der Waals surface area contributed by atoms with Crippen molar-refractivity contribution >= 4 is 11.6 Å². The van der Waals surface area contributed by atoms with E-state index in [0.717, 1.165) is 18.4 Å². The molecule has 0 bridgehead atoms. The van der Waals surface area contributed by atoms with E-state index in [2.05, 4.69) is 0 Å². The van der Waals surface area contributed by atoms with Gasteiger partial charge in [-0.25, -0.2) is 8.78 Å². The zero-order chi connectivity index (χ0) is 16.4. The minimum absolute atomic E-state index is 0.111. The number of likely N-dealkylation sites (tertiary alicyclic amines) is 1. The molecule has 0 spiro atoms. The number of benzene rings is 1. The fraction of sp³-hybridized carbons (Fsp3) is 0.611. The quantitative estimate of drug-likeness (QED) is 0.830. The number of alkyl halides is 2. The number of piperidine rings is 1. The highest BCUT2D eigenvalue weighted by molar-refractivity contribution is 5.95. The molecule has 1 saturated heterocycles. The molecule has 2 fully saturated rings. The normalized spacial score (nSPS) is 22.1. The number of nitrogen functional groups attached to an aromatic ring is 1. The number of carbonyl (C=O) groups excluding carboxylic acids is 1. The van der Waals surface area contributed by atoms with Gasteiger partial charge in [-0.15, -0.1) is 0 Å². The summed E-state index contributed by atoms with van der Waals surface area (Å²) >= 11 is 0. The number of carbonyl (C=O) groups is 1. The number of nitrogens with zero attached hydrogens (tertiary/aromatic N) is 1. The fourth-order valence-electron chi connectivity index (χ4n) is 3.69. The van der Waals surface area contributed by atoms with E-state index in [4.69, 9.17) is 5.73 Å². The molecule has 0 radical (unpaired) electrons. The molecule has 0 aromatic heterocycles. The summed E-state index contributed by atoms with van der Waals surface area (Å²) in [6.07, 6.45) is 5.45. The molecule has 1 aliphatic carbocycles. The molecule has 1 aromatic carbocycles. The van der Waals surface area contributed by atoms with E-state index >= 15 is 0 Å². The highest BCUT2D eigenvalue weighted by atomic mass is 19.3. The summed E-state index contributed by atoms with van der Waals surface area (Å²) in [7, 11) is 0. The second-order valence-electron chi connectivity index (χ2n) is 6.87. The molecule has 2 aliphatic rings. The summed E-state index contributed by atoms with van der Waals surface area (Å²) in [4.78, 5) is 14.1. The molecule has 1 heterocycles. The summed E-state index contributed by atoms with van der Waals surface area (Å²) in [5.41, 5.74) is 8.23. The summed E-state index contributed by atoms with van der Waals surface area (Å²) in [6, 6.07) is 5.54. The Balaban J connectivity index is 1.76. The third kappa shape index (κ3) is 3.82. The molecule has 5 heteroatoms. The number of amides is 1. The van der Waals surface area contributed by atoms with Crippen LogP contribution in [0, 0.1) is 0 Å². The molecule has 23 heavy (non-hydrogen) atoms. The Labute approximate surface area is 135 Å². The van der Waals surface area contributed by atoms with Crippen LogP contribution >= 0.6 is 0 Å². The highest BCUT2D eigenvalue weighted by Crippen LogP contribution is 2.34. The van der Waals surface area contributed by atoms with E-state index in [0.29, 0.717) is 17.2 Å². The van der Waals surface area contributed by atoms with Crippen molar-refractivity contribution in [2.75, 3.05) is 18.8 Å². The third-order valence-electron chi connectivity index (χ3n) is 5.08. The van der Waals surface area contributed by atoms with Gasteiger partial charge in [0.25, 0.3) is 11.8 Å². The fourth-order valence-corrected chi connectivity index (χ4v) is 3.69. The number of rotatable bonds is 2. The third-order valence-corrected chi connectivity index (χ3v) is 5.08. The van der Waals surface area contributed by atoms with Gasteiger partial charge < -0.3 is 10.6 Å². The number of halogens is 2. The average Bonchev–Trinajstić information content (AvgIpc) is 2.54. The van der Waals surface area contributed by atoms with Crippen molar-refractivity contribution in [3.8, 4) is 0 Å². The predicted octanol–water partition coefficient (Wildman–Crippen LogP) is 4.19. The SMILES string of the molecule is Nc1cc(C(=O)N2CCC(F)(F)CC2)cc(C2CCCCC2)c1. The Kier molecular flexibility index (Phi) is 4.55. The topological polar surface area (TPSA) is 46.3 Å². The van der Waals surface area contributed by atoms with Gasteiger partial charge in [0, 0.05) is 37.2 Å². The van der Waals surface area contributed by atoms with Gasteiger partial charge in [-0.3, -0.25) is 4.79 Å². The van der Waals surface area contributed by atoms with E-state index in [1.165, 1.54) is 24.2 Å². The molecule has 0 unspecified atom stereocenters. The lowest BCUT2D eigenvalue weighted by atomic mass is 9.83. The van der Waals surface area contributed by atoms with Crippen molar-refractivity contribution in [2.45, 2.75) is 56.8 Å². The smallest absolute Gasteiger partial charge is 0.253 e. The minimum atomic E-state index is -2.64. The van der Waals surface area contributed by atoms with Crippen LogP contribution in [-0.4, -0.2) is 29.8 Å². The lowest BCUT2D eigenvalue weighted by molar-refractivity contribution is -0.0494. The second-order valence-corrected chi connectivity index (χ2v) is 6.87. The maximum absolute atomic E-state index is 13.3. The standard InChI is InChI=1S/C18H24F2N2O/c19-18(20)6-8-22(9-7-18)17(23)15-10-14(11-16(21)12-15)13-4-2-1-3-5-13/h10-13H,1-9,21H2. The predicted molar refractivity (Wildman–Crippen MR) is 86.8 cm³/mol. The Morgan fingerprint density at radius 3 is 2.39 bits per heavy atom. The monoisotopic (exact) mass is 322 g/mol. The van der Waals surface area contributed by atoms with Gasteiger partial charge >= 0.3 is 0 Å². The van der Waals surface area contributed by atoms with Crippen LogP contribution in [0.1, 0.15) is 66.8 Å². The molecule has 2 N–H and O–H groups in total. The average molecular weight is 322 g/mol. The molecule has 3 rings (SSSR count). The van der Waals surface area contributed by atoms with Crippen LogP contribution in [0.3, 0.4) is 0 Å². The van der Waals surface area contributed by atoms with E-state index in [1.807, 2.05) is 12.1 Å². The van der Waals surface area contributed by atoms with Crippen molar-refractivity contribution in [3.63, 3.8) is 0 Å². The van der Waals surface area contributed by atoms with Crippen molar-refractivity contribution in [1.82, 2.24) is 4.90 Å². The molecule has 1 aliphatic heterocycles. The van der Waals surface area contributed by atoms with Crippen LogP contribution < -0.4 is 5.73 Å². The van der Waals surface area contributed by atoms with Crippen LogP contribution in [0.2, 0.25) is 0 Å². The van der Waals surface area contributed by atoms with Crippen LogP contribution in [0.5, 0.6) is 0 Å². The summed E-state index contributed by atoms with van der Waals surface area (Å²) in [5, 5.41) is 0. The molecule has 126 valence electrons. The number of hydrogen-bond donors (Lipinski definition) is 1. The maximum Gasteiger partial charge on any atom is 0.253 e. The number of nitrogens with two attached hydrogens (primary N) is 1. The molecular weight excluding hydrogens is 298 g/mol. The molecule has 1 amide bonds. The van der Waals surface area contributed by atoms with Gasteiger partial charge in [0.15, 0.2) is 0 Å². The molecule has 1 aromatic rings. The van der Waals surface area contributed by atoms with Crippen molar-refractivity contribution in [3.05, 3.63) is 29.3 Å². The first-order valence-electron chi connectivity index (χ1n) is 8.52.